The minimum atomic E-state index is -1.26. The van der Waals surface area contributed by atoms with E-state index in [0.717, 1.165) is 49.7 Å². The molecule has 0 saturated carbocycles. The number of benzene rings is 2. The molecule has 4 unspecified atom stereocenters. The molecule has 0 radical (unpaired) electrons. The topological polar surface area (TPSA) is 52.4 Å². The fraction of sp³-hybridized carbons (Fsp3) is 0.682. The monoisotopic (exact) mass is 677 g/mol. The number of ether oxygens (including phenoxy) is 3. The number of hydrogen-bond acceptors (Lipinski definition) is 5. The summed E-state index contributed by atoms with van der Waals surface area (Å²) < 4.78 is 21.0. The lowest BCUT2D eigenvalue weighted by atomic mass is 10.0. The van der Waals surface area contributed by atoms with Crippen LogP contribution in [0.5, 0.6) is 0 Å². The first-order chi connectivity index (χ1) is 23.9. The highest BCUT2D eigenvalue weighted by molar-refractivity contribution is 5.80. The number of unbranched alkanes of at least 4 members (excludes halogenated alkanes) is 14. The average molecular weight is 677 g/mol. The molecule has 0 bridgehead atoms. The molecule has 0 amide bonds. The summed E-state index contributed by atoms with van der Waals surface area (Å²) in [5.41, 5.74) is 2.02. The van der Waals surface area contributed by atoms with Gasteiger partial charge in [0.1, 0.15) is 0 Å². The van der Waals surface area contributed by atoms with Crippen molar-refractivity contribution in [3.63, 3.8) is 0 Å². The lowest BCUT2D eigenvalue weighted by Gasteiger charge is -2.44. The zero-order valence-electron chi connectivity index (χ0n) is 32.3. The van der Waals surface area contributed by atoms with Gasteiger partial charge in [0.2, 0.25) is 0 Å². The minimum absolute atomic E-state index is 0.0383. The number of rotatable bonds is 30. The molecule has 0 aliphatic heterocycles. The van der Waals surface area contributed by atoms with Gasteiger partial charge in [-0.2, -0.15) is 0 Å². The Hall–Kier alpha value is -2.34. The van der Waals surface area contributed by atoms with Crippen LogP contribution in [0, 0.1) is 11.8 Å². The molecule has 0 fully saturated rings. The minimum Gasteiger partial charge on any atom is -0.331 e. The Balaban J connectivity index is 2.39. The van der Waals surface area contributed by atoms with E-state index in [1.54, 1.807) is 0 Å². The Morgan fingerprint density at radius 2 is 0.816 bits per heavy atom. The zero-order chi connectivity index (χ0) is 35.5. The van der Waals surface area contributed by atoms with Crippen molar-refractivity contribution in [2.75, 3.05) is 13.2 Å². The molecule has 2 rings (SSSR count). The molecular weight excluding hydrogens is 604 g/mol. The van der Waals surface area contributed by atoms with Crippen molar-refractivity contribution in [1.82, 2.24) is 0 Å². The first-order valence-electron chi connectivity index (χ1n) is 20.1. The van der Waals surface area contributed by atoms with Crippen LogP contribution in [0.1, 0.15) is 168 Å². The van der Waals surface area contributed by atoms with Gasteiger partial charge in [0.05, 0.1) is 13.2 Å². The second kappa shape index (κ2) is 26.5. The Bertz CT molecular complexity index is 1020. The van der Waals surface area contributed by atoms with Crippen LogP contribution in [0.25, 0.3) is 0 Å². The molecule has 0 N–H and O–H groups in total. The molecule has 0 aliphatic rings. The van der Waals surface area contributed by atoms with Gasteiger partial charge in [-0.15, -0.1) is 0 Å². The Labute approximate surface area is 301 Å². The van der Waals surface area contributed by atoms with Crippen molar-refractivity contribution in [3.05, 3.63) is 71.8 Å². The zero-order valence-corrected chi connectivity index (χ0v) is 32.3. The molecule has 0 heterocycles. The van der Waals surface area contributed by atoms with Crippen molar-refractivity contribution >= 4 is 12.4 Å². The van der Waals surface area contributed by atoms with Crippen molar-refractivity contribution in [2.24, 2.45) is 21.8 Å². The van der Waals surface area contributed by atoms with Crippen LogP contribution in [0.2, 0.25) is 0 Å². The van der Waals surface area contributed by atoms with Gasteiger partial charge >= 0.3 is 0 Å². The Morgan fingerprint density at radius 3 is 1.14 bits per heavy atom. The second-order valence-corrected chi connectivity index (χ2v) is 14.0. The van der Waals surface area contributed by atoms with E-state index in [2.05, 4.69) is 65.8 Å². The van der Waals surface area contributed by atoms with E-state index in [-0.39, 0.29) is 11.8 Å². The molecule has 0 spiro atoms. The van der Waals surface area contributed by atoms with Crippen LogP contribution in [0.3, 0.4) is 0 Å². The van der Waals surface area contributed by atoms with E-state index < -0.39 is 11.8 Å². The summed E-state index contributed by atoms with van der Waals surface area (Å²) in [4.78, 5) is 10.4. The van der Waals surface area contributed by atoms with Crippen LogP contribution in [-0.2, 0) is 14.2 Å². The summed E-state index contributed by atoms with van der Waals surface area (Å²) >= 11 is 0. The summed E-state index contributed by atoms with van der Waals surface area (Å²) in [6, 6.07) is 20.5. The van der Waals surface area contributed by atoms with E-state index in [0.29, 0.717) is 13.2 Å². The van der Waals surface area contributed by atoms with Crippen molar-refractivity contribution in [1.29, 1.82) is 0 Å². The van der Waals surface area contributed by atoms with E-state index >= 15 is 0 Å². The quantitative estimate of drug-likeness (QED) is 0.0470. The van der Waals surface area contributed by atoms with Gasteiger partial charge in [-0.25, -0.2) is 9.98 Å². The van der Waals surface area contributed by atoms with E-state index in [1.807, 2.05) is 48.8 Å². The molecule has 4 atom stereocenters. The van der Waals surface area contributed by atoms with Crippen LogP contribution in [0.15, 0.2) is 70.6 Å². The Morgan fingerprint density at radius 1 is 0.490 bits per heavy atom. The van der Waals surface area contributed by atoms with Crippen LogP contribution in [-0.4, -0.2) is 37.5 Å². The molecule has 0 aromatic heterocycles. The van der Waals surface area contributed by atoms with Gasteiger partial charge < -0.3 is 9.47 Å². The smallest absolute Gasteiger partial charge is 0.275 e. The van der Waals surface area contributed by atoms with Gasteiger partial charge in [0.25, 0.3) is 11.8 Å². The number of nitrogens with zero attached hydrogens (tertiary/aromatic N) is 2. The third-order valence-electron chi connectivity index (χ3n) is 9.76. The highest BCUT2D eigenvalue weighted by atomic mass is 16.8. The third-order valence-corrected chi connectivity index (χ3v) is 9.76. The number of aliphatic imine (C=N–C) groups is 2. The summed E-state index contributed by atoms with van der Waals surface area (Å²) in [5, 5.41) is 0. The average Bonchev–Trinajstić information content (AvgIpc) is 3.14. The standard InChI is InChI=1S/C44H72N2O3/c1-7-11-13-15-17-19-21-29-35-47-43(39(5)9-3,45-37-41-31-25-23-26-32-41)49-44(40(6)10-4,46-38-42-33-27-24-28-34-42)48-36-30-22-20-18-16-14-12-8-2/h23-28,31-34,37-40H,7-22,29-30,35-36H2,1-6H3. The molecule has 0 saturated heterocycles. The predicted octanol–water partition coefficient (Wildman–Crippen LogP) is 13.0. The van der Waals surface area contributed by atoms with Crippen LogP contribution < -0.4 is 0 Å². The summed E-state index contributed by atoms with van der Waals surface area (Å²) in [7, 11) is 0. The summed E-state index contributed by atoms with van der Waals surface area (Å²) in [6.45, 7) is 14.4. The predicted molar refractivity (Wildman–Crippen MR) is 211 cm³/mol. The molecule has 276 valence electrons. The molecule has 5 nitrogen and oxygen atoms in total. The lowest BCUT2D eigenvalue weighted by Crippen LogP contribution is -2.53. The maximum Gasteiger partial charge on any atom is 0.275 e. The van der Waals surface area contributed by atoms with Crippen LogP contribution in [0.4, 0.5) is 0 Å². The van der Waals surface area contributed by atoms with E-state index in [1.165, 1.54) is 77.0 Å². The summed E-state index contributed by atoms with van der Waals surface area (Å²) in [5.74, 6) is -2.60. The van der Waals surface area contributed by atoms with Gasteiger partial charge in [-0.3, -0.25) is 4.74 Å². The fourth-order valence-electron chi connectivity index (χ4n) is 5.97. The highest BCUT2D eigenvalue weighted by Crippen LogP contribution is 2.39. The first kappa shape index (κ1) is 42.8. The molecular formula is C44H72N2O3. The van der Waals surface area contributed by atoms with Gasteiger partial charge in [0, 0.05) is 24.3 Å². The van der Waals surface area contributed by atoms with E-state index in [9.17, 15) is 0 Å². The molecule has 5 heteroatoms. The molecule has 49 heavy (non-hydrogen) atoms. The Kier molecular flexibility index (Phi) is 23.1. The maximum atomic E-state index is 7.28. The molecule has 2 aromatic carbocycles. The number of hydrogen-bond donors (Lipinski definition) is 0. The van der Waals surface area contributed by atoms with Crippen molar-refractivity contribution in [3.8, 4) is 0 Å². The second-order valence-electron chi connectivity index (χ2n) is 14.0. The lowest BCUT2D eigenvalue weighted by molar-refractivity contribution is -0.383. The van der Waals surface area contributed by atoms with Crippen molar-refractivity contribution in [2.45, 2.75) is 169 Å². The first-order valence-corrected chi connectivity index (χ1v) is 20.1. The maximum absolute atomic E-state index is 7.28. The largest absolute Gasteiger partial charge is 0.331 e. The summed E-state index contributed by atoms with van der Waals surface area (Å²) in [6.07, 6.45) is 25.3. The normalized spacial score (nSPS) is 15.8. The van der Waals surface area contributed by atoms with Gasteiger partial charge in [-0.05, 0) is 36.8 Å². The molecule has 2 aromatic rings. The fourth-order valence-corrected chi connectivity index (χ4v) is 5.97. The van der Waals surface area contributed by atoms with E-state index in [4.69, 9.17) is 24.2 Å². The highest BCUT2D eigenvalue weighted by Gasteiger charge is 2.49. The SMILES string of the molecule is CCCCCCCCCCOC(N=Cc1ccccc1)(OC(N=Cc1ccccc1)(OCCCCCCCCCC)C(C)CC)C(C)CC. The third kappa shape index (κ3) is 16.9. The van der Waals surface area contributed by atoms with Gasteiger partial charge in [-0.1, -0.05) is 192 Å². The van der Waals surface area contributed by atoms with Gasteiger partial charge in [0.15, 0.2) is 0 Å². The van der Waals surface area contributed by atoms with Crippen molar-refractivity contribution < 1.29 is 14.2 Å². The molecule has 0 aliphatic carbocycles. The van der Waals surface area contributed by atoms with Crippen LogP contribution >= 0.6 is 0 Å².